The van der Waals surface area contributed by atoms with Crippen LogP contribution in [0.25, 0.3) is 11.1 Å². The Bertz CT molecular complexity index is 1830. The zero-order valence-electron chi connectivity index (χ0n) is 28.7. The summed E-state index contributed by atoms with van der Waals surface area (Å²) in [6, 6.07) is 26.8. The summed E-state index contributed by atoms with van der Waals surface area (Å²) in [5, 5.41) is 9.01. The van der Waals surface area contributed by atoms with E-state index < -0.39 is 11.9 Å². The third-order valence-corrected chi connectivity index (χ3v) is 9.68. The van der Waals surface area contributed by atoms with E-state index in [1.807, 2.05) is 24.3 Å². The van der Waals surface area contributed by atoms with Gasteiger partial charge in [-0.3, -0.25) is 0 Å². The van der Waals surface area contributed by atoms with Crippen LogP contribution in [0.5, 0.6) is 17.2 Å². The minimum absolute atomic E-state index is 0.0342. The van der Waals surface area contributed by atoms with Crippen LogP contribution in [-0.4, -0.2) is 45.0 Å². The van der Waals surface area contributed by atoms with E-state index in [4.69, 9.17) is 28.9 Å². The number of esters is 2. The quantitative estimate of drug-likeness (QED) is 0.0660. The Kier molecular flexibility index (Phi) is 11.3. The second-order valence-corrected chi connectivity index (χ2v) is 13.1. The summed E-state index contributed by atoms with van der Waals surface area (Å²) in [4.78, 5) is 26.0. The highest BCUT2D eigenvalue weighted by Gasteiger charge is 2.37. The van der Waals surface area contributed by atoms with Crippen LogP contribution in [0.3, 0.4) is 0 Å². The predicted molar refractivity (Wildman–Crippen MR) is 190 cm³/mol. The summed E-state index contributed by atoms with van der Waals surface area (Å²) in [5.74, 6) is 0.692. The summed E-state index contributed by atoms with van der Waals surface area (Å²) >= 11 is 0. The summed E-state index contributed by atoms with van der Waals surface area (Å²) in [5.41, 5.74) is 5.81. The van der Waals surface area contributed by atoms with Crippen molar-refractivity contribution in [2.24, 2.45) is 5.41 Å². The smallest absolute Gasteiger partial charge is 0.343 e. The molecular formula is C42H43NO7. The molecule has 8 nitrogen and oxygen atoms in total. The van der Waals surface area contributed by atoms with Crippen LogP contribution in [0.2, 0.25) is 0 Å². The molecule has 0 spiro atoms. The second kappa shape index (κ2) is 16.2. The van der Waals surface area contributed by atoms with Gasteiger partial charge in [0, 0.05) is 17.9 Å². The molecular weight excluding hydrogens is 630 g/mol. The van der Waals surface area contributed by atoms with Gasteiger partial charge in [0.05, 0.1) is 49.2 Å². The van der Waals surface area contributed by atoms with Gasteiger partial charge in [0.25, 0.3) is 0 Å². The lowest BCUT2D eigenvalue weighted by Gasteiger charge is -2.40. The van der Waals surface area contributed by atoms with Crippen molar-refractivity contribution in [2.75, 3.05) is 33.0 Å². The van der Waals surface area contributed by atoms with E-state index in [1.54, 1.807) is 60.7 Å². The number of carbonyl (C=O) groups is 2. The highest BCUT2D eigenvalue weighted by molar-refractivity contribution is 5.94. The molecule has 0 N–H and O–H groups in total. The summed E-state index contributed by atoms with van der Waals surface area (Å²) in [7, 11) is 0. The zero-order chi connectivity index (χ0) is 34.9. The molecule has 258 valence electrons. The monoisotopic (exact) mass is 673 g/mol. The lowest BCUT2D eigenvalue weighted by atomic mass is 9.84. The van der Waals surface area contributed by atoms with Crippen LogP contribution in [0.1, 0.15) is 95.7 Å². The van der Waals surface area contributed by atoms with E-state index in [9.17, 15) is 9.59 Å². The molecule has 8 heteroatoms. The van der Waals surface area contributed by atoms with Gasteiger partial charge in [-0.05, 0) is 127 Å². The molecule has 50 heavy (non-hydrogen) atoms. The number of hydrogen-bond donors (Lipinski definition) is 0. The van der Waals surface area contributed by atoms with Crippen molar-refractivity contribution in [2.45, 2.75) is 58.3 Å². The number of fused-ring (bicyclic) bond motifs is 3. The van der Waals surface area contributed by atoms with Crippen LogP contribution in [0.15, 0.2) is 84.9 Å². The first-order chi connectivity index (χ1) is 24.4. The number of hydrogen-bond acceptors (Lipinski definition) is 8. The molecule has 1 heterocycles. The van der Waals surface area contributed by atoms with E-state index in [2.05, 4.69) is 19.9 Å². The fourth-order valence-electron chi connectivity index (χ4n) is 6.50. The molecule has 1 atom stereocenters. The van der Waals surface area contributed by atoms with Gasteiger partial charge in [0.2, 0.25) is 0 Å². The number of benzene rings is 4. The average Bonchev–Trinajstić information content (AvgIpc) is 3.44. The lowest BCUT2D eigenvalue weighted by Crippen LogP contribution is -2.45. The van der Waals surface area contributed by atoms with Gasteiger partial charge in [-0.2, -0.15) is 5.26 Å². The van der Waals surface area contributed by atoms with Crippen molar-refractivity contribution in [3.8, 4) is 34.4 Å². The first-order valence-corrected chi connectivity index (χ1v) is 17.5. The third kappa shape index (κ3) is 8.07. The highest BCUT2D eigenvalue weighted by Crippen LogP contribution is 2.48. The van der Waals surface area contributed by atoms with Gasteiger partial charge in [0.15, 0.2) is 0 Å². The molecule has 4 aromatic rings. The molecule has 1 aliphatic carbocycles. The Hall–Kier alpha value is -4.97. The van der Waals surface area contributed by atoms with E-state index >= 15 is 0 Å². The lowest BCUT2D eigenvalue weighted by molar-refractivity contribution is -0.150. The molecule has 4 aromatic carbocycles. The van der Waals surface area contributed by atoms with Gasteiger partial charge >= 0.3 is 11.9 Å². The molecule has 1 fully saturated rings. The van der Waals surface area contributed by atoms with Crippen molar-refractivity contribution >= 4 is 11.9 Å². The number of unbranched alkanes of at least 4 members (excludes halogenated alkanes) is 3. The first-order valence-electron chi connectivity index (χ1n) is 17.5. The van der Waals surface area contributed by atoms with Crippen LogP contribution in [-0.2, 0) is 9.47 Å². The van der Waals surface area contributed by atoms with E-state index in [1.165, 1.54) is 0 Å². The van der Waals surface area contributed by atoms with Crippen LogP contribution >= 0.6 is 0 Å². The van der Waals surface area contributed by atoms with Gasteiger partial charge in [0.1, 0.15) is 17.2 Å². The molecule has 2 aliphatic rings. The Balaban J connectivity index is 0.972. The van der Waals surface area contributed by atoms with Gasteiger partial charge in [-0.1, -0.05) is 32.4 Å². The van der Waals surface area contributed by atoms with Crippen LogP contribution in [0, 0.1) is 16.7 Å². The molecule has 0 bridgehead atoms. The Labute approximate surface area is 293 Å². The van der Waals surface area contributed by atoms with Gasteiger partial charge in [-0.15, -0.1) is 0 Å². The third-order valence-electron chi connectivity index (χ3n) is 9.68. The second-order valence-electron chi connectivity index (χ2n) is 13.1. The molecule has 1 unspecified atom stereocenters. The van der Waals surface area contributed by atoms with Crippen LogP contribution < -0.4 is 14.2 Å². The number of carbonyl (C=O) groups excluding carboxylic acids is 2. The number of nitrogens with zero attached hydrogens (tertiary/aromatic N) is 1. The topological polar surface area (TPSA) is 104 Å². The zero-order valence-corrected chi connectivity index (χ0v) is 28.7. The van der Waals surface area contributed by atoms with Gasteiger partial charge in [-0.25, -0.2) is 9.59 Å². The Morgan fingerprint density at radius 2 is 1.34 bits per heavy atom. The molecule has 6 rings (SSSR count). The van der Waals surface area contributed by atoms with Crippen LogP contribution in [0.4, 0.5) is 0 Å². The highest BCUT2D eigenvalue weighted by atomic mass is 16.5. The SMILES string of the molecule is CCC1c2cc(OC(=O)c3ccc(OCCCCCCOCC4(CC)COC4)cc3)ccc2-c2ccc(C(=O)Oc3ccc(C#N)cc3)cc21. The maximum absolute atomic E-state index is 13.1. The number of ether oxygens (including phenoxy) is 5. The predicted octanol–water partition coefficient (Wildman–Crippen LogP) is 8.90. The van der Waals surface area contributed by atoms with Crippen molar-refractivity contribution < 1.29 is 33.3 Å². The number of rotatable bonds is 16. The normalized spacial score (nSPS) is 15.3. The fraction of sp³-hybridized carbons (Fsp3) is 0.357. The summed E-state index contributed by atoms with van der Waals surface area (Å²) in [6.45, 7) is 8.14. The van der Waals surface area contributed by atoms with E-state index in [0.717, 1.165) is 93.0 Å². The minimum Gasteiger partial charge on any atom is -0.494 e. The van der Waals surface area contributed by atoms with Crippen molar-refractivity contribution in [3.63, 3.8) is 0 Å². The standard InChI is InChI=1S/C42H43NO7/c1-3-35-38-23-31(41(45)49-33-14-9-29(25-43)10-15-33)13-19-36(38)37-20-18-34(24-39(35)37)50-40(44)30-11-16-32(17-12-30)48-22-8-6-5-7-21-46-26-42(4-2)27-47-28-42/h9-20,23-24,35H,3-8,21-22,26-28H2,1-2H3. The van der Waals surface area contributed by atoms with Gasteiger partial charge < -0.3 is 23.7 Å². The molecule has 0 amide bonds. The van der Waals surface area contributed by atoms with E-state index in [-0.39, 0.29) is 11.3 Å². The molecule has 1 saturated heterocycles. The molecule has 0 saturated carbocycles. The Morgan fingerprint density at radius 3 is 2.00 bits per heavy atom. The fourth-order valence-corrected chi connectivity index (χ4v) is 6.50. The first kappa shape index (κ1) is 34.9. The van der Waals surface area contributed by atoms with Crippen molar-refractivity contribution in [1.82, 2.24) is 0 Å². The molecule has 0 aromatic heterocycles. The molecule has 1 aliphatic heterocycles. The largest absolute Gasteiger partial charge is 0.494 e. The van der Waals surface area contributed by atoms with E-state index in [0.29, 0.717) is 34.8 Å². The number of nitriles is 1. The maximum atomic E-state index is 13.1. The van der Waals surface area contributed by atoms with Crippen molar-refractivity contribution in [1.29, 1.82) is 5.26 Å². The summed E-state index contributed by atoms with van der Waals surface area (Å²) in [6.07, 6.45) is 6.10. The minimum atomic E-state index is -0.466. The maximum Gasteiger partial charge on any atom is 0.343 e. The Morgan fingerprint density at radius 1 is 0.740 bits per heavy atom. The summed E-state index contributed by atoms with van der Waals surface area (Å²) < 4.78 is 28.5. The molecule has 0 radical (unpaired) electrons. The van der Waals surface area contributed by atoms with Crippen molar-refractivity contribution in [3.05, 3.63) is 113 Å². The average molecular weight is 674 g/mol.